The summed E-state index contributed by atoms with van der Waals surface area (Å²) in [6.45, 7) is 3.97. The normalized spacial score (nSPS) is 15.1. The minimum Gasteiger partial charge on any atom is -0.326 e. The van der Waals surface area contributed by atoms with Crippen molar-refractivity contribution >= 4 is 34.8 Å². The Hall–Kier alpha value is -3.93. The molecule has 6 nitrogen and oxygen atoms in total. The Morgan fingerprint density at radius 2 is 1.65 bits per heavy atom. The molecule has 4 rings (SSSR count). The van der Waals surface area contributed by atoms with E-state index in [1.807, 2.05) is 38.1 Å². The van der Waals surface area contributed by atoms with Gasteiger partial charge in [-0.15, -0.1) is 0 Å². The molecular formula is C25H23N3O3. The van der Waals surface area contributed by atoms with E-state index in [1.165, 1.54) is 4.90 Å². The van der Waals surface area contributed by atoms with Gasteiger partial charge in [0.2, 0.25) is 11.8 Å². The molecule has 3 aromatic rings. The van der Waals surface area contributed by atoms with Crippen LogP contribution in [0.25, 0.3) is 0 Å². The molecule has 0 saturated heterocycles. The third kappa shape index (κ3) is 4.19. The first-order valence-corrected chi connectivity index (χ1v) is 10.1. The average molecular weight is 413 g/mol. The Morgan fingerprint density at radius 3 is 2.39 bits per heavy atom. The zero-order valence-corrected chi connectivity index (χ0v) is 17.4. The quantitative estimate of drug-likeness (QED) is 0.669. The van der Waals surface area contributed by atoms with Crippen molar-refractivity contribution in [2.75, 3.05) is 15.5 Å². The first-order valence-electron chi connectivity index (χ1n) is 10.1. The lowest BCUT2D eigenvalue weighted by Gasteiger charge is -2.36. The van der Waals surface area contributed by atoms with E-state index in [4.69, 9.17) is 0 Å². The number of carbonyl (C=O) groups is 3. The molecule has 6 heteroatoms. The SMILES string of the molecule is Cc1ccc(NC(=O)CC2C(=O)Nc3ccccc3N2C(=O)c2ccccc2)cc1C. The lowest BCUT2D eigenvalue weighted by atomic mass is 10.0. The van der Waals surface area contributed by atoms with Crippen LogP contribution < -0.4 is 15.5 Å². The molecule has 0 bridgehead atoms. The molecule has 1 heterocycles. The second-order valence-electron chi connectivity index (χ2n) is 7.61. The van der Waals surface area contributed by atoms with E-state index in [1.54, 1.807) is 48.5 Å². The fraction of sp³-hybridized carbons (Fsp3) is 0.160. The van der Waals surface area contributed by atoms with Crippen LogP contribution in [0, 0.1) is 13.8 Å². The number of hydrogen-bond donors (Lipinski definition) is 2. The van der Waals surface area contributed by atoms with Crippen LogP contribution in [-0.4, -0.2) is 23.8 Å². The molecule has 3 amide bonds. The van der Waals surface area contributed by atoms with Crippen molar-refractivity contribution in [2.45, 2.75) is 26.3 Å². The van der Waals surface area contributed by atoms with Crippen molar-refractivity contribution in [3.05, 3.63) is 89.5 Å². The van der Waals surface area contributed by atoms with Gasteiger partial charge in [-0.2, -0.15) is 0 Å². The summed E-state index contributed by atoms with van der Waals surface area (Å²) >= 11 is 0. The van der Waals surface area contributed by atoms with Crippen LogP contribution in [0.4, 0.5) is 17.1 Å². The molecule has 1 unspecified atom stereocenters. The van der Waals surface area contributed by atoms with Gasteiger partial charge in [-0.1, -0.05) is 36.4 Å². The van der Waals surface area contributed by atoms with Crippen LogP contribution in [0.2, 0.25) is 0 Å². The highest BCUT2D eigenvalue weighted by molar-refractivity contribution is 6.17. The molecule has 156 valence electrons. The minimum absolute atomic E-state index is 0.161. The first kappa shape index (κ1) is 20.3. The second-order valence-corrected chi connectivity index (χ2v) is 7.61. The summed E-state index contributed by atoms with van der Waals surface area (Å²) in [5, 5.41) is 5.66. The van der Waals surface area contributed by atoms with Gasteiger partial charge in [0.05, 0.1) is 17.8 Å². The van der Waals surface area contributed by atoms with Gasteiger partial charge in [0.25, 0.3) is 5.91 Å². The van der Waals surface area contributed by atoms with Crippen molar-refractivity contribution in [1.29, 1.82) is 0 Å². The van der Waals surface area contributed by atoms with Crippen LogP contribution in [-0.2, 0) is 9.59 Å². The number of para-hydroxylation sites is 2. The Labute approximate surface area is 180 Å². The number of nitrogens with zero attached hydrogens (tertiary/aromatic N) is 1. The molecule has 0 aliphatic carbocycles. The van der Waals surface area contributed by atoms with Gasteiger partial charge >= 0.3 is 0 Å². The molecule has 3 aromatic carbocycles. The van der Waals surface area contributed by atoms with Crippen molar-refractivity contribution in [3.8, 4) is 0 Å². The van der Waals surface area contributed by atoms with Gasteiger partial charge in [-0.25, -0.2) is 0 Å². The van der Waals surface area contributed by atoms with Crippen molar-refractivity contribution in [2.24, 2.45) is 0 Å². The predicted molar refractivity (Wildman–Crippen MR) is 121 cm³/mol. The average Bonchev–Trinajstić information content (AvgIpc) is 2.77. The summed E-state index contributed by atoms with van der Waals surface area (Å²) in [6, 6.07) is 20.5. The van der Waals surface area contributed by atoms with Crippen LogP contribution in [0.5, 0.6) is 0 Å². The van der Waals surface area contributed by atoms with E-state index >= 15 is 0 Å². The fourth-order valence-corrected chi connectivity index (χ4v) is 3.65. The highest BCUT2D eigenvalue weighted by atomic mass is 16.2. The van der Waals surface area contributed by atoms with Gasteiger partial charge in [0.15, 0.2) is 0 Å². The number of hydrogen-bond acceptors (Lipinski definition) is 3. The van der Waals surface area contributed by atoms with E-state index in [0.717, 1.165) is 11.1 Å². The third-order valence-corrected chi connectivity index (χ3v) is 5.44. The molecule has 1 aliphatic rings. The molecule has 0 spiro atoms. The largest absolute Gasteiger partial charge is 0.326 e. The smallest absolute Gasteiger partial charge is 0.259 e. The highest BCUT2D eigenvalue weighted by Gasteiger charge is 2.38. The standard InChI is InChI=1S/C25H23N3O3/c1-16-12-13-19(14-17(16)2)26-23(29)15-22-24(30)27-20-10-6-7-11-21(20)28(22)25(31)18-8-4-3-5-9-18/h3-14,22H,15H2,1-2H3,(H,26,29)(H,27,30). The van der Waals surface area contributed by atoms with E-state index in [9.17, 15) is 14.4 Å². The van der Waals surface area contributed by atoms with Crippen LogP contribution in [0.3, 0.4) is 0 Å². The zero-order chi connectivity index (χ0) is 22.0. The topological polar surface area (TPSA) is 78.5 Å². The Bertz CT molecular complexity index is 1160. The third-order valence-electron chi connectivity index (χ3n) is 5.44. The van der Waals surface area contributed by atoms with E-state index < -0.39 is 11.9 Å². The lowest BCUT2D eigenvalue weighted by molar-refractivity contribution is -0.122. The number of carbonyl (C=O) groups excluding carboxylic acids is 3. The number of anilines is 3. The van der Waals surface area contributed by atoms with Crippen LogP contribution in [0.1, 0.15) is 27.9 Å². The highest BCUT2D eigenvalue weighted by Crippen LogP contribution is 2.34. The molecule has 2 N–H and O–H groups in total. The van der Waals surface area contributed by atoms with E-state index in [-0.39, 0.29) is 18.2 Å². The summed E-state index contributed by atoms with van der Waals surface area (Å²) < 4.78 is 0. The van der Waals surface area contributed by atoms with Crippen molar-refractivity contribution < 1.29 is 14.4 Å². The molecule has 0 radical (unpaired) electrons. The zero-order valence-electron chi connectivity index (χ0n) is 17.4. The second kappa shape index (κ2) is 8.44. The summed E-state index contributed by atoms with van der Waals surface area (Å²) in [6.07, 6.45) is -0.161. The van der Waals surface area contributed by atoms with Crippen LogP contribution in [0.15, 0.2) is 72.8 Å². The number of nitrogens with one attached hydrogen (secondary N) is 2. The molecule has 0 saturated carbocycles. The molecule has 31 heavy (non-hydrogen) atoms. The maximum atomic E-state index is 13.4. The van der Waals surface area contributed by atoms with Gasteiger partial charge in [0, 0.05) is 11.3 Å². The van der Waals surface area contributed by atoms with Gasteiger partial charge in [0.1, 0.15) is 6.04 Å². The molecule has 1 atom stereocenters. The fourth-order valence-electron chi connectivity index (χ4n) is 3.65. The number of benzene rings is 3. The van der Waals surface area contributed by atoms with Gasteiger partial charge in [-0.3, -0.25) is 19.3 Å². The molecule has 0 fully saturated rings. The maximum Gasteiger partial charge on any atom is 0.259 e. The Balaban J connectivity index is 1.64. The minimum atomic E-state index is -0.964. The summed E-state index contributed by atoms with van der Waals surface area (Å²) in [5.41, 5.74) is 4.41. The van der Waals surface area contributed by atoms with Crippen molar-refractivity contribution in [3.63, 3.8) is 0 Å². The maximum absolute atomic E-state index is 13.4. The van der Waals surface area contributed by atoms with E-state index in [2.05, 4.69) is 10.6 Å². The predicted octanol–water partition coefficient (Wildman–Crippen LogP) is 4.30. The summed E-state index contributed by atoms with van der Waals surface area (Å²) in [5.74, 6) is -1.06. The molecular weight excluding hydrogens is 390 g/mol. The summed E-state index contributed by atoms with van der Waals surface area (Å²) in [4.78, 5) is 40.5. The monoisotopic (exact) mass is 413 g/mol. The Kier molecular flexibility index (Phi) is 5.54. The Morgan fingerprint density at radius 1 is 0.935 bits per heavy atom. The lowest BCUT2D eigenvalue weighted by Crippen LogP contribution is -2.52. The summed E-state index contributed by atoms with van der Waals surface area (Å²) in [7, 11) is 0. The number of rotatable bonds is 4. The van der Waals surface area contributed by atoms with Crippen molar-refractivity contribution in [1.82, 2.24) is 0 Å². The van der Waals surface area contributed by atoms with Gasteiger partial charge in [-0.05, 0) is 61.4 Å². The molecule has 0 aromatic heterocycles. The number of amides is 3. The number of aryl methyl sites for hydroxylation is 2. The van der Waals surface area contributed by atoms with Gasteiger partial charge < -0.3 is 10.6 Å². The van der Waals surface area contributed by atoms with Crippen LogP contribution >= 0.6 is 0 Å². The number of fused-ring (bicyclic) bond motifs is 1. The molecule has 1 aliphatic heterocycles. The van der Waals surface area contributed by atoms with E-state index in [0.29, 0.717) is 22.6 Å². The first-order chi connectivity index (χ1) is 14.9.